The summed E-state index contributed by atoms with van der Waals surface area (Å²) in [7, 11) is 0. The fraction of sp³-hybridized carbons (Fsp3) is 0.611. The number of carbonyl (C=O) groups is 1. The number of rotatable bonds is 2. The van der Waals surface area contributed by atoms with E-state index in [9.17, 15) is 9.90 Å². The highest BCUT2D eigenvalue weighted by molar-refractivity contribution is 5.85. The van der Waals surface area contributed by atoms with Crippen molar-refractivity contribution in [3.05, 3.63) is 35.4 Å². The average Bonchev–Trinajstić information content (AvgIpc) is 3.35. The molecule has 1 heterocycles. The number of amides is 1. The van der Waals surface area contributed by atoms with Gasteiger partial charge in [0.15, 0.2) is 0 Å². The predicted molar refractivity (Wildman–Crippen MR) is 78.7 cm³/mol. The van der Waals surface area contributed by atoms with E-state index in [1.54, 1.807) is 0 Å². The van der Waals surface area contributed by atoms with Crippen LogP contribution in [-0.4, -0.2) is 34.6 Å². The smallest absolute Gasteiger partial charge is 0.226 e. The first kappa shape index (κ1) is 12.2. The van der Waals surface area contributed by atoms with Gasteiger partial charge in [0.1, 0.15) is 5.60 Å². The van der Waals surface area contributed by atoms with Crippen molar-refractivity contribution in [2.45, 2.75) is 37.2 Å². The Bertz CT molecular complexity index is 615. The number of hydrogen-bond acceptors (Lipinski definition) is 2. The Balaban J connectivity index is 1.32. The molecule has 3 nitrogen and oxygen atoms in total. The van der Waals surface area contributed by atoms with E-state index in [4.69, 9.17) is 0 Å². The van der Waals surface area contributed by atoms with E-state index >= 15 is 0 Å². The minimum absolute atomic E-state index is 0.192. The molecular weight excluding hydrogens is 262 g/mol. The van der Waals surface area contributed by atoms with Crippen molar-refractivity contribution in [2.24, 2.45) is 17.8 Å². The van der Waals surface area contributed by atoms with Crippen LogP contribution < -0.4 is 0 Å². The molecule has 1 N–H and O–H groups in total. The first-order valence-electron chi connectivity index (χ1n) is 8.26. The predicted octanol–water partition coefficient (Wildman–Crippen LogP) is 1.95. The molecule has 0 radical (unpaired) electrons. The van der Waals surface area contributed by atoms with Gasteiger partial charge in [0, 0.05) is 5.92 Å². The van der Waals surface area contributed by atoms with Crippen LogP contribution in [-0.2, 0) is 11.2 Å². The average molecular weight is 283 g/mol. The molecule has 3 fully saturated rings. The lowest BCUT2D eigenvalue weighted by atomic mass is 9.88. The van der Waals surface area contributed by atoms with Crippen molar-refractivity contribution in [3.63, 3.8) is 0 Å². The van der Waals surface area contributed by atoms with Crippen molar-refractivity contribution in [1.29, 1.82) is 0 Å². The Labute approximate surface area is 125 Å². The molecule has 3 atom stereocenters. The Morgan fingerprint density at radius 3 is 2.71 bits per heavy atom. The zero-order chi connectivity index (χ0) is 14.2. The number of nitrogens with zero attached hydrogens (tertiary/aromatic N) is 1. The number of hydrogen-bond donors (Lipinski definition) is 1. The van der Waals surface area contributed by atoms with E-state index in [-0.39, 0.29) is 5.92 Å². The molecular formula is C18H21NO2. The number of β-amino-alcohol motifs (C(OH)–C–C–N with tert-alkyl or cyclic N) is 1. The molecule has 4 aliphatic rings. The van der Waals surface area contributed by atoms with Gasteiger partial charge in [-0.3, -0.25) is 4.79 Å². The molecule has 0 aromatic heterocycles. The zero-order valence-electron chi connectivity index (χ0n) is 12.2. The SMILES string of the molecule is O=C(C1C2CCc3ccccc3C21)N1CC(O)(C2CC2)C1. The Morgan fingerprint density at radius 1 is 1.19 bits per heavy atom. The molecule has 2 saturated carbocycles. The highest BCUT2D eigenvalue weighted by Gasteiger charge is 2.61. The highest BCUT2D eigenvalue weighted by atomic mass is 16.3. The summed E-state index contributed by atoms with van der Waals surface area (Å²) in [4.78, 5) is 14.6. The third-order valence-electron chi connectivity index (χ3n) is 6.19. The number of aryl methyl sites for hydroxylation is 1. The van der Waals surface area contributed by atoms with Gasteiger partial charge in [-0.1, -0.05) is 24.3 Å². The van der Waals surface area contributed by atoms with Crippen LogP contribution in [0.5, 0.6) is 0 Å². The molecule has 1 aromatic carbocycles. The third-order valence-corrected chi connectivity index (χ3v) is 6.19. The quantitative estimate of drug-likeness (QED) is 0.901. The van der Waals surface area contributed by atoms with Crippen LogP contribution in [0, 0.1) is 17.8 Å². The van der Waals surface area contributed by atoms with Gasteiger partial charge in [-0.05, 0) is 54.6 Å². The Hall–Kier alpha value is -1.35. The highest BCUT2D eigenvalue weighted by Crippen LogP contribution is 2.61. The first-order chi connectivity index (χ1) is 10.2. The number of carbonyl (C=O) groups excluding carboxylic acids is 1. The van der Waals surface area contributed by atoms with Gasteiger partial charge in [-0.2, -0.15) is 0 Å². The molecule has 1 aromatic rings. The third kappa shape index (κ3) is 1.67. The van der Waals surface area contributed by atoms with Crippen molar-refractivity contribution in [3.8, 4) is 0 Å². The van der Waals surface area contributed by atoms with E-state index in [1.165, 1.54) is 11.1 Å². The van der Waals surface area contributed by atoms with Gasteiger partial charge in [0.2, 0.25) is 5.91 Å². The fourth-order valence-corrected chi connectivity index (χ4v) is 4.76. The number of likely N-dealkylation sites (tertiary alicyclic amines) is 1. The van der Waals surface area contributed by atoms with Crippen LogP contribution in [0.2, 0.25) is 0 Å². The molecule has 1 aliphatic heterocycles. The lowest BCUT2D eigenvalue weighted by Crippen LogP contribution is -2.65. The maximum absolute atomic E-state index is 12.7. The maximum atomic E-state index is 12.7. The molecule has 3 aliphatic carbocycles. The summed E-state index contributed by atoms with van der Waals surface area (Å²) in [5, 5.41) is 10.4. The van der Waals surface area contributed by atoms with E-state index in [0.717, 1.165) is 25.7 Å². The summed E-state index contributed by atoms with van der Waals surface area (Å²) in [6.07, 6.45) is 4.55. The number of aliphatic hydroxyl groups is 1. The van der Waals surface area contributed by atoms with Crippen LogP contribution in [0.15, 0.2) is 24.3 Å². The minimum Gasteiger partial charge on any atom is -0.386 e. The molecule has 0 bridgehead atoms. The number of benzene rings is 1. The van der Waals surface area contributed by atoms with E-state index in [0.29, 0.717) is 36.8 Å². The van der Waals surface area contributed by atoms with Crippen molar-refractivity contribution >= 4 is 5.91 Å². The van der Waals surface area contributed by atoms with Gasteiger partial charge in [0.05, 0.1) is 13.1 Å². The van der Waals surface area contributed by atoms with Crippen LogP contribution >= 0.6 is 0 Å². The van der Waals surface area contributed by atoms with E-state index in [1.807, 2.05) is 4.90 Å². The lowest BCUT2D eigenvalue weighted by Gasteiger charge is -2.47. The molecule has 3 heteroatoms. The largest absolute Gasteiger partial charge is 0.386 e. The lowest BCUT2D eigenvalue weighted by molar-refractivity contribution is -0.161. The van der Waals surface area contributed by atoms with Crippen LogP contribution in [0.1, 0.15) is 36.3 Å². The van der Waals surface area contributed by atoms with Crippen LogP contribution in [0.4, 0.5) is 0 Å². The molecule has 0 spiro atoms. The maximum Gasteiger partial charge on any atom is 0.226 e. The molecule has 5 rings (SSSR count). The van der Waals surface area contributed by atoms with Gasteiger partial charge >= 0.3 is 0 Å². The second-order valence-electron chi connectivity index (χ2n) is 7.53. The van der Waals surface area contributed by atoms with Gasteiger partial charge in [0.25, 0.3) is 0 Å². The molecule has 1 saturated heterocycles. The monoisotopic (exact) mass is 283 g/mol. The van der Waals surface area contributed by atoms with Crippen LogP contribution in [0.25, 0.3) is 0 Å². The molecule has 110 valence electrons. The van der Waals surface area contributed by atoms with E-state index in [2.05, 4.69) is 24.3 Å². The summed E-state index contributed by atoms with van der Waals surface area (Å²) in [6, 6.07) is 8.61. The molecule has 1 amide bonds. The second kappa shape index (κ2) is 3.89. The summed E-state index contributed by atoms with van der Waals surface area (Å²) in [5.41, 5.74) is 2.30. The minimum atomic E-state index is -0.548. The topological polar surface area (TPSA) is 40.5 Å². The standard InChI is InChI=1S/C18H21NO2/c20-17(19-9-18(21,10-19)12-6-7-12)16-14-8-5-11-3-1-2-4-13(11)15(14)16/h1-4,12,14-16,21H,5-10H2. The summed E-state index contributed by atoms with van der Waals surface area (Å²) in [6.45, 7) is 1.15. The first-order valence-corrected chi connectivity index (χ1v) is 8.26. The second-order valence-corrected chi connectivity index (χ2v) is 7.53. The Morgan fingerprint density at radius 2 is 1.95 bits per heavy atom. The molecule has 3 unspecified atom stereocenters. The van der Waals surface area contributed by atoms with Crippen LogP contribution in [0.3, 0.4) is 0 Å². The zero-order valence-corrected chi connectivity index (χ0v) is 12.2. The molecule has 21 heavy (non-hydrogen) atoms. The normalized spacial score (nSPS) is 35.5. The fourth-order valence-electron chi connectivity index (χ4n) is 4.76. The number of fused-ring (bicyclic) bond motifs is 3. The van der Waals surface area contributed by atoms with Gasteiger partial charge in [-0.25, -0.2) is 0 Å². The summed E-state index contributed by atoms with van der Waals surface area (Å²) >= 11 is 0. The summed E-state index contributed by atoms with van der Waals surface area (Å²) < 4.78 is 0. The van der Waals surface area contributed by atoms with Gasteiger partial charge < -0.3 is 10.0 Å². The van der Waals surface area contributed by atoms with E-state index < -0.39 is 5.60 Å². The van der Waals surface area contributed by atoms with Gasteiger partial charge in [-0.15, -0.1) is 0 Å². The summed E-state index contributed by atoms with van der Waals surface area (Å²) in [5.74, 6) is 1.97. The van der Waals surface area contributed by atoms with Crippen molar-refractivity contribution in [1.82, 2.24) is 4.90 Å². The van der Waals surface area contributed by atoms with Crippen molar-refractivity contribution < 1.29 is 9.90 Å². The van der Waals surface area contributed by atoms with Crippen molar-refractivity contribution in [2.75, 3.05) is 13.1 Å². The Kier molecular flexibility index (Phi) is 2.26.